The number of aromatic nitrogens is 3. The lowest BCUT2D eigenvalue weighted by Crippen LogP contribution is -2.18. The highest BCUT2D eigenvalue weighted by Gasteiger charge is 2.19. The Hall–Kier alpha value is -2.61. The second-order valence-corrected chi connectivity index (χ2v) is 5.60. The van der Waals surface area contributed by atoms with Crippen LogP contribution in [0.15, 0.2) is 23.7 Å². The van der Waals surface area contributed by atoms with E-state index in [1.807, 2.05) is 0 Å². The fourth-order valence-corrected chi connectivity index (χ4v) is 3.03. The summed E-state index contributed by atoms with van der Waals surface area (Å²) in [5.74, 6) is 1.06. The molecule has 0 spiro atoms. The number of benzene rings is 1. The molecule has 112 valence electrons. The van der Waals surface area contributed by atoms with E-state index in [2.05, 4.69) is 15.4 Å². The Morgan fingerprint density at radius 1 is 1.32 bits per heavy atom. The van der Waals surface area contributed by atoms with E-state index in [4.69, 9.17) is 9.47 Å². The molecule has 0 unspecified atom stereocenters. The van der Waals surface area contributed by atoms with Crippen LogP contribution in [0.2, 0.25) is 0 Å². The van der Waals surface area contributed by atoms with Crippen LogP contribution in [-0.2, 0) is 0 Å². The highest BCUT2D eigenvalue weighted by Crippen LogP contribution is 2.32. The summed E-state index contributed by atoms with van der Waals surface area (Å²) in [5, 5.41) is 6.99. The highest BCUT2D eigenvalue weighted by atomic mass is 32.1. The molecule has 1 aliphatic rings. The molecule has 0 atom stereocenters. The Kier molecular flexibility index (Phi) is 2.97. The Morgan fingerprint density at radius 2 is 2.14 bits per heavy atom. The van der Waals surface area contributed by atoms with Crippen LogP contribution in [0.1, 0.15) is 16.2 Å². The van der Waals surface area contributed by atoms with Crippen molar-refractivity contribution in [2.45, 2.75) is 6.92 Å². The van der Waals surface area contributed by atoms with Crippen molar-refractivity contribution < 1.29 is 14.3 Å². The average molecular weight is 316 g/mol. The molecule has 1 N–H and O–H groups in total. The molecule has 1 amide bonds. The van der Waals surface area contributed by atoms with E-state index in [0.29, 0.717) is 46.7 Å². The first-order chi connectivity index (χ1) is 10.7. The number of fused-ring (bicyclic) bond motifs is 2. The Labute approximate surface area is 129 Å². The molecule has 0 saturated heterocycles. The second kappa shape index (κ2) is 4.99. The van der Waals surface area contributed by atoms with Crippen LogP contribution in [0.3, 0.4) is 0 Å². The largest absolute Gasteiger partial charge is 0.486 e. The van der Waals surface area contributed by atoms with Crippen LogP contribution >= 0.6 is 11.3 Å². The fourth-order valence-electron chi connectivity index (χ4n) is 2.37. The molecule has 4 rings (SSSR count). The molecule has 8 heteroatoms. The first-order valence-electron chi connectivity index (χ1n) is 6.72. The van der Waals surface area contributed by atoms with Gasteiger partial charge in [-0.2, -0.15) is 9.61 Å². The van der Waals surface area contributed by atoms with E-state index in [1.165, 1.54) is 11.3 Å². The van der Waals surface area contributed by atoms with Gasteiger partial charge in [0, 0.05) is 11.8 Å². The summed E-state index contributed by atoms with van der Waals surface area (Å²) in [6.45, 7) is 2.83. The molecule has 3 heterocycles. The number of ether oxygens (including phenoxy) is 2. The highest BCUT2D eigenvalue weighted by molar-refractivity contribution is 7.14. The number of rotatable bonds is 2. The number of nitrogens with zero attached hydrogens (tertiary/aromatic N) is 3. The van der Waals surface area contributed by atoms with E-state index < -0.39 is 0 Å². The van der Waals surface area contributed by atoms with Crippen LogP contribution in [0.5, 0.6) is 11.5 Å². The molecular formula is C14H12N4O3S. The number of carbonyl (C=O) groups excluding carboxylic acids is 1. The molecule has 0 fully saturated rings. The van der Waals surface area contributed by atoms with Crippen molar-refractivity contribution in [3.63, 3.8) is 0 Å². The molecule has 0 radical (unpaired) electrons. The summed E-state index contributed by atoms with van der Waals surface area (Å²) < 4.78 is 12.5. The third-order valence-electron chi connectivity index (χ3n) is 3.33. The third kappa shape index (κ3) is 2.08. The lowest BCUT2D eigenvalue weighted by Gasteiger charge is -2.18. The number of hydrogen-bond acceptors (Lipinski definition) is 6. The molecule has 1 aliphatic heterocycles. The van der Waals surface area contributed by atoms with Gasteiger partial charge in [-0.3, -0.25) is 4.79 Å². The van der Waals surface area contributed by atoms with Gasteiger partial charge >= 0.3 is 0 Å². The number of imidazole rings is 1. The van der Waals surface area contributed by atoms with Gasteiger partial charge in [0.15, 0.2) is 17.2 Å². The topological polar surface area (TPSA) is 77.8 Å². The SMILES string of the molecule is Cc1nc2scnn2c1C(=O)Nc1ccc2c(c1)OCCO2. The molecule has 22 heavy (non-hydrogen) atoms. The van der Waals surface area contributed by atoms with Crippen LogP contribution in [-0.4, -0.2) is 33.7 Å². The minimum Gasteiger partial charge on any atom is -0.486 e. The lowest BCUT2D eigenvalue weighted by atomic mass is 10.2. The predicted molar refractivity (Wildman–Crippen MR) is 81.0 cm³/mol. The molecule has 0 saturated carbocycles. The first kappa shape index (κ1) is 13.1. The monoisotopic (exact) mass is 316 g/mol. The van der Waals surface area contributed by atoms with E-state index >= 15 is 0 Å². The minimum absolute atomic E-state index is 0.257. The van der Waals surface area contributed by atoms with Crippen LogP contribution < -0.4 is 14.8 Å². The summed E-state index contributed by atoms with van der Waals surface area (Å²) in [7, 11) is 0. The van der Waals surface area contributed by atoms with Crippen molar-refractivity contribution in [3.8, 4) is 11.5 Å². The Bertz CT molecular complexity index is 870. The van der Waals surface area contributed by atoms with E-state index in [9.17, 15) is 4.79 Å². The molecule has 0 bridgehead atoms. The number of aryl methyl sites for hydroxylation is 1. The maximum atomic E-state index is 12.5. The van der Waals surface area contributed by atoms with Gasteiger partial charge in [0.25, 0.3) is 5.91 Å². The molecular weight excluding hydrogens is 304 g/mol. The van der Waals surface area contributed by atoms with Gasteiger partial charge in [0.05, 0.1) is 5.69 Å². The normalized spacial score (nSPS) is 13.3. The molecule has 0 aliphatic carbocycles. The van der Waals surface area contributed by atoms with Gasteiger partial charge in [-0.05, 0) is 19.1 Å². The summed E-state index contributed by atoms with van der Waals surface area (Å²) in [6, 6.07) is 5.31. The predicted octanol–water partition coefficient (Wildman–Crippen LogP) is 2.12. The van der Waals surface area contributed by atoms with Crippen molar-refractivity contribution in [2.75, 3.05) is 18.5 Å². The Morgan fingerprint density at radius 3 is 3.00 bits per heavy atom. The number of amides is 1. The van der Waals surface area contributed by atoms with Crippen LogP contribution in [0, 0.1) is 6.92 Å². The van der Waals surface area contributed by atoms with E-state index in [0.717, 1.165) is 0 Å². The number of hydrogen-bond donors (Lipinski definition) is 1. The van der Waals surface area contributed by atoms with Crippen molar-refractivity contribution in [1.29, 1.82) is 0 Å². The summed E-state index contributed by atoms with van der Waals surface area (Å²) in [4.78, 5) is 17.5. The zero-order valence-corrected chi connectivity index (χ0v) is 12.5. The first-order valence-corrected chi connectivity index (χ1v) is 7.60. The smallest absolute Gasteiger partial charge is 0.276 e. The maximum Gasteiger partial charge on any atom is 0.276 e. The average Bonchev–Trinajstić information content (AvgIpc) is 3.06. The molecule has 1 aromatic carbocycles. The zero-order chi connectivity index (χ0) is 15.1. The second-order valence-electron chi connectivity index (χ2n) is 4.79. The third-order valence-corrected chi connectivity index (χ3v) is 4.01. The van der Waals surface area contributed by atoms with Crippen LogP contribution in [0.25, 0.3) is 4.96 Å². The van der Waals surface area contributed by atoms with Gasteiger partial charge < -0.3 is 14.8 Å². The van der Waals surface area contributed by atoms with Gasteiger partial charge in [0.1, 0.15) is 18.7 Å². The standard InChI is InChI=1S/C14H12N4O3S/c1-8-12(18-14(16-8)22-7-15-18)13(19)17-9-2-3-10-11(6-9)21-5-4-20-10/h2-3,6-7H,4-5H2,1H3,(H,17,19). The fraction of sp³-hybridized carbons (Fsp3) is 0.214. The van der Waals surface area contributed by atoms with Gasteiger partial charge in [-0.1, -0.05) is 11.3 Å². The van der Waals surface area contributed by atoms with Crippen LogP contribution in [0.4, 0.5) is 5.69 Å². The summed E-state index contributed by atoms with van der Waals surface area (Å²) in [6.07, 6.45) is 0. The minimum atomic E-state index is -0.257. The van der Waals surface area contributed by atoms with Gasteiger partial charge in [-0.15, -0.1) is 0 Å². The molecule has 3 aromatic rings. The van der Waals surface area contributed by atoms with Crippen molar-refractivity contribution in [1.82, 2.24) is 14.6 Å². The van der Waals surface area contributed by atoms with E-state index in [-0.39, 0.29) is 5.91 Å². The zero-order valence-electron chi connectivity index (χ0n) is 11.7. The van der Waals surface area contributed by atoms with Gasteiger partial charge in [-0.25, -0.2) is 4.98 Å². The van der Waals surface area contributed by atoms with Crippen molar-refractivity contribution in [2.24, 2.45) is 0 Å². The van der Waals surface area contributed by atoms with Crippen molar-refractivity contribution >= 4 is 27.9 Å². The van der Waals surface area contributed by atoms with Gasteiger partial charge in [0.2, 0.25) is 4.96 Å². The van der Waals surface area contributed by atoms with E-state index in [1.54, 1.807) is 35.1 Å². The Balaban J connectivity index is 1.64. The quantitative estimate of drug-likeness (QED) is 0.783. The summed E-state index contributed by atoms with van der Waals surface area (Å²) >= 11 is 1.39. The summed E-state index contributed by atoms with van der Waals surface area (Å²) in [5.41, 5.74) is 3.38. The maximum absolute atomic E-state index is 12.5. The molecule has 2 aromatic heterocycles. The number of nitrogens with one attached hydrogen (secondary N) is 1. The number of anilines is 1. The van der Waals surface area contributed by atoms with Crippen molar-refractivity contribution in [3.05, 3.63) is 35.1 Å². The number of carbonyl (C=O) groups is 1. The lowest BCUT2D eigenvalue weighted by molar-refractivity contribution is 0.101. The molecule has 7 nitrogen and oxygen atoms in total.